The van der Waals surface area contributed by atoms with Crippen molar-refractivity contribution >= 4 is 16.9 Å². The van der Waals surface area contributed by atoms with Crippen molar-refractivity contribution in [3.63, 3.8) is 0 Å². The summed E-state index contributed by atoms with van der Waals surface area (Å²) in [5, 5.41) is 14.5. The van der Waals surface area contributed by atoms with E-state index in [0.29, 0.717) is 11.6 Å². The molecule has 6 nitrogen and oxygen atoms in total. The lowest BCUT2D eigenvalue weighted by Crippen LogP contribution is -2.44. The number of benzene rings is 1. The predicted molar refractivity (Wildman–Crippen MR) is 89.5 cm³/mol. The summed E-state index contributed by atoms with van der Waals surface area (Å²) in [7, 11) is 0. The Labute approximate surface area is 133 Å². The van der Waals surface area contributed by atoms with Crippen LogP contribution in [0.4, 0.5) is 5.95 Å². The summed E-state index contributed by atoms with van der Waals surface area (Å²) in [6.07, 6.45) is 3.21. The van der Waals surface area contributed by atoms with Gasteiger partial charge in [-0.25, -0.2) is 9.97 Å². The highest BCUT2D eigenvalue weighted by Gasteiger charge is 2.16. The highest BCUT2D eigenvalue weighted by Crippen LogP contribution is 2.29. The molecular weight excluding hydrogens is 290 g/mol. The molecule has 1 aromatic carbocycles. The topological polar surface area (TPSA) is 74.2 Å². The highest BCUT2D eigenvalue weighted by molar-refractivity contribution is 5.83. The van der Waals surface area contributed by atoms with Gasteiger partial charge < -0.3 is 15.3 Å². The fourth-order valence-electron chi connectivity index (χ4n) is 2.80. The van der Waals surface area contributed by atoms with Gasteiger partial charge in [0, 0.05) is 43.3 Å². The number of piperazine rings is 1. The maximum Gasteiger partial charge on any atom is 0.226 e. The van der Waals surface area contributed by atoms with E-state index in [0.717, 1.165) is 42.6 Å². The van der Waals surface area contributed by atoms with Gasteiger partial charge >= 0.3 is 0 Å². The molecule has 0 radical (unpaired) electrons. The summed E-state index contributed by atoms with van der Waals surface area (Å²) < 4.78 is 0. The summed E-state index contributed by atoms with van der Waals surface area (Å²) in [4.78, 5) is 15.4. The van der Waals surface area contributed by atoms with Gasteiger partial charge in [-0.05, 0) is 12.1 Å². The molecular formula is C17H17N5O. The molecule has 23 heavy (non-hydrogen) atoms. The Morgan fingerprint density at radius 3 is 2.74 bits per heavy atom. The van der Waals surface area contributed by atoms with Crippen LogP contribution in [0.15, 0.2) is 42.7 Å². The first-order chi connectivity index (χ1) is 11.3. The van der Waals surface area contributed by atoms with Crippen molar-refractivity contribution in [2.45, 2.75) is 0 Å². The third-order valence-electron chi connectivity index (χ3n) is 4.02. The van der Waals surface area contributed by atoms with Crippen LogP contribution >= 0.6 is 0 Å². The number of aromatic nitrogens is 3. The van der Waals surface area contributed by atoms with Crippen molar-refractivity contribution in [3.8, 4) is 17.0 Å². The minimum atomic E-state index is 0.0703. The summed E-state index contributed by atoms with van der Waals surface area (Å²) in [5.74, 6) is 0.716. The van der Waals surface area contributed by atoms with E-state index in [4.69, 9.17) is 0 Å². The zero-order valence-electron chi connectivity index (χ0n) is 12.6. The Morgan fingerprint density at radius 1 is 1.04 bits per heavy atom. The summed E-state index contributed by atoms with van der Waals surface area (Å²) >= 11 is 0. The summed E-state index contributed by atoms with van der Waals surface area (Å²) in [6, 6.07) is 9.89. The number of aromatic hydroxyl groups is 1. The number of nitrogens with one attached hydrogen (secondary N) is 1. The van der Waals surface area contributed by atoms with Gasteiger partial charge in [-0.3, -0.25) is 4.98 Å². The van der Waals surface area contributed by atoms with Crippen molar-refractivity contribution in [2.24, 2.45) is 0 Å². The van der Waals surface area contributed by atoms with Crippen LogP contribution in [0.5, 0.6) is 5.75 Å². The molecule has 1 saturated heterocycles. The van der Waals surface area contributed by atoms with E-state index < -0.39 is 0 Å². The van der Waals surface area contributed by atoms with Gasteiger partial charge in [0.1, 0.15) is 5.69 Å². The molecule has 1 aliphatic heterocycles. The summed E-state index contributed by atoms with van der Waals surface area (Å²) in [6.45, 7) is 3.55. The molecule has 4 rings (SSSR count). The second-order valence-corrected chi connectivity index (χ2v) is 5.56. The van der Waals surface area contributed by atoms with Gasteiger partial charge in [0.2, 0.25) is 5.95 Å². The lowest BCUT2D eigenvalue weighted by Gasteiger charge is -2.27. The number of nitrogens with zero attached hydrogens (tertiary/aromatic N) is 4. The van der Waals surface area contributed by atoms with Crippen molar-refractivity contribution in [2.75, 3.05) is 31.1 Å². The molecule has 0 saturated carbocycles. The normalized spacial score (nSPS) is 15.0. The third kappa shape index (κ3) is 2.68. The first kappa shape index (κ1) is 13.9. The van der Waals surface area contributed by atoms with Crippen LogP contribution in [0, 0.1) is 0 Å². The zero-order valence-corrected chi connectivity index (χ0v) is 12.6. The highest BCUT2D eigenvalue weighted by atomic mass is 16.3. The molecule has 0 spiro atoms. The number of anilines is 1. The second kappa shape index (κ2) is 5.81. The summed E-state index contributed by atoms with van der Waals surface area (Å²) in [5.41, 5.74) is 2.24. The van der Waals surface area contributed by atoms with E-state index in [-0.39, 0.29) is 5.75 Å². The zero-order chi connectivity index (χ0) is 15.6. The number of para-hydroxylation sites is 1. The first-order valence-electron chi connectivity index (χ1n) is 7.68. The Kier molecular flexibility index (Phi) is 3.51. The van der Waals surface area contributed by atoms with Gasteiger partial charge in [0.25, 0.3) is 0 Å². The SMILES string of the molecule is Oc1cnc(N2CCNCC2)nc1-c1cnc2ccccc2c1. The molecule has 1 fully saturated rings. The van der Waals surface area contributed by atoms with E-state index in [2.05, 4.69) is 25.2 Å². The van der Waals surface area contributed by atoms with Gasteiger partial charge in [-0.15, -0.1) is 0 Å². The van der Waals surface area contributed by atoms with Crippen molar-refractivity contribution < 1.29 is 5.11 Å². The van der Waals surface area contributed by atoms with Gasteiger partial charge in [0.05, 0.1) is 11.7 Å². The number of hydrogen-bond donors (Lipinski definition) is 2. The third-order valence-corrected chi connectivity index (χ3v) is 4.02. The molecule has 116 valence electrons. The number of pyridine rings is 1. The fraction of sp³-hybridized carbons (Fsp3) is 0.235. The van der Waals surface area contributed by atoms with Crippen LogP contribution in [-0.4, -0.2) is 46.2 Å². The molecule has 0 bridgehead atoms. The van der Waals surface area contributed by atoms with Crippen LogP contribution < -0.4 is 10.2 Å². The Hall–Kier alpha value is -2.73. The second-order valence-electron chi connectivity index (χ2n) is 5.56. The largest absolute Gasteiger partial charge is 0.504 e. The molecule has 6 heteroatoms. The van der Waals surface area contributed by atoms with Gasteiger partial charge in [-0.1, -0.05) is 18.2 Å². The van der Waals surface area contributed by atoms with Crippen LogP contribution in [0.1, 0.15) is 0 Å². The number of fused-ring (bicyclic) bond motifs is 1. The van der Waals surface area contributed by atoms with Crippen molar-refractivity contribution in [3.05, 3.63) is 42.7 Å². The van der Waals surface area contributed by atoms with E-state index in [9.17, 15) is 5.11 Å². The molecule has 3 heterocycles. The lowest BCUT2D eigenvalue weighted by molar-refractivity contribution is 0.471. The number of rotatable bonds is 2. The average molecular weight is 307 g/mol. The Bertz CT molecular complexity index is 845. The molecule has 0 unspecified atom stereocenters. The first-order valence-corrected chi connectivity index (χ1v) is 7.68. The molecule has 2 aromatic heterocycles. The van der Waals surface area contributed by atoms with E-state index in [1.165, 1.54) is 6.20 Å². The maximum atomic E-state index is 10.2. The van der Waals surface area contributed by atoms with Crippen LogP contribution in [0.25, 0.3) is 22.2 Å². The number of hydrogen-bond acceptors (Lipinski definition) is 6. The van der Waals surface area contributed by atoms with Crippen LogP contribution in [0.2, 0.25) is 0 Å². The lowest BCUT2D eigenvalue weighted by atomic mass is 10.1. The monoisotopic (exact) mass is 307 g/mol. The molecule has 0 aliphatic carbocycles. The molecule has 0 amide bonds. The fourth-order valence-corrected chi connectivity index (χ4v) is 2.80. The smallest absolute Gasteiger partial charge is 0.226 e. The van der Waals surface area contributed by atoms with E-state index in [1.54, 1.807) is 6.20 Å². The quantitative estimate of drug-likeness (QED) is 0.752. The Morgan fingerprint density at radius 2 is 1.87 bits per heavy atom. The standard InChI is InChI=1S/C17H17N5O/c23-15-11-20-17(22-7-5-18-6-8-22)21-16(15)13-9-12-3-1-2-4-14(12)19-10-13/h1-4,9-11,18,23H,5-8H2. The maximum absolute atomic E-state index is 10.2. The molecule has 0 atom stereocenters. The van der Waals surface area contributed by atoms with Gasteiger partial charge in [-0.2, -0.15) is 0 Å². The molecule has 2 N–H and O–H groups in total. The molecule has 3 aromatic rings. The average Bonchev–Trinajstić information content (AvgIpc) is 2.62. The predicted octanol–water partition coefficient (Wildman–Crippen LogP) is 1.81. The minimum Gasteiger partial charge on any atom is -0.504 e. The Balaban J connectivity index is 1.76. The van der Waals surface area contributed by atoms with Crippen LogP contribution in [-0.2, 0) is 0 Å². The van der Waals surface area contributed by atoms with Crippen molar-refractivity contribution in [1.82, 2.24) is 20.3 Å². The van der Waals surface area contributed by atoms with Crippen molar-refractivity contribution in [1.29, 1.82) is 0 Å². The van der Waals surface area contributed by atoms with E-state index in [1.807, 2.05) is 30.3 Å². The van der Waals surface area contributed by atoms with Crippen LogP contribution in [0.3, 0.4) is 0 Å². The van der Waals surface area contributed by atoms with E-state index >= 15 is 0 Å². The van der Waals surface area contributed by atoms with Gasteiger partial charge in [0.15, 0.2) is 5.75 Å². The molecule has 1 aliphatic rings. The minimum absolute atomic E-state index is 0.0703.